The van der Waals surface area contributed by atoms with Gasteiger partial charge in [0.2, 0.25) is 11.8 Å². The molecular formula is C11H21N3O5. The first-order chi connectivity index (χ1) is 8.82. The Hall–Kier alpha value is -1.67. The molecule has 2 amide bonds. The number of hydrogen-bond acceptors (Lipinski definition) is 5. The van der Waals surface area contributed by atoms with Crippen LogP contribution in [0.15, 0.2) is 0 Å². The van der Waals surface area contributed by atoms with Gasteiger partial charge in [-0.15, -0.1) is 0 Å². The van der Waals surface area contributed by atoms with Gasteiger partial charge in [-0.3, -0.25) is 14.4 Å². The van der Waals surface area contributed by atoms with Gasteiger partial charge in [-0.1, -0.05) is 0 Å². The summed E-state index contributed by atoms with van der Waals surface area (Å²) in [6, 6.07) is -0.542. The Morgan fingerprint density at radius 2 is 1.58 bits per heavy atom. The first-order valence-electron chi connectivity index (χ1n) is 6.03. The molecule has 0 aliphatic carbocycles. The molecule has 0 radical (unpaired) electrons. The molecule has 1 heterocycles. The number of carboxylic acid groups (broad SMARTS) is 1. The van der Waals surface area contributed by atoms with Gasteiger partial charge in [-0.2, -0.15) is 0 Å². The Morgan fingerprint density at radius 3 is 1.79 bits per heavy atom. The van der Waals surface area contributed by atoms with Crippen molar-refractivity contribution >= 4 is 17.8 Å². The van der Waals surface area contributed by atoms with Crippen molar-refractivity contribution < 1.29 is 24.6 Å². The van der Waals surface area contributed by atoms with Crippen LogP contribution in [0, 0.1) is 0 Å². The topological polar surface area (TPSA) is 156 Å². The van der Waals surface area contributed by atoms with Gasteiger partial charge in [0.05, 0.1) is 6.10 Å². The fourth-order valence-electron chi connectivity index (χ4n) is 1.50. The molecule has 1 aliphatic rings. The fourth-order valence-corrected chi connectivity index (χ4v) is 1.50. The monoisotopic (exact) mass is 275 g/mol. The number of rotatable bonds is 6. The molecule has 2 atom stereocenters. The molecule has 1 rings (SSSR count). The Bertz CT molecular complexity index is 305. The van der Waals surface area contributed by atoms with Crippen molar-refractivity contribution in [3.05, 3.63) is 0 Å². The number of carbonyl (C=O) groups is 3. The van der Waals surface area contributed by atoms with Crippen molar-refractivity contribution in [1.82, 2.24) is 5.32 Å². The molecule has 1 aliphatic heterocycles. The summed E-state index contributed by atoms with van der Waals surface area (Å²) in [7, 11) is 0. The third-order valence-corrected chi connectivity index (χ3v) is 2.50. The lowest BCUT2D eigenvalue weighted by Crippen LogP contribution is -2.29. The minimum atomic E-state index is -0.883. The van der Waals surface area contributed by atoms with Crippen LogP contribution in [0.4, 0.5) is 0 Å². The highest BCUT2D eigenvalue weighted by Crippen LogP contribution is 2.05. The molecule has 0 saturated carbocycles. The Morgan fingerprint density at radius 1 is 1.11 bits per heavy atom. The minimum Gasteiger partial charge on any atom is -0.480 e. The summed E-state index contributed by atoms with van der Waals surface area (Å²) in [6.45, 7) is 0.400. The molecule has 0 aromatic carbocycles. The van der Waals surface area contributed by atoms with E-state index in [0.29, 0.717) is 38.6 Å². The van der Waals surface area contributed by atoms with Crippen LogP contribution in [-0.2, 0) is 14.4 Å². The van der Waals surface area contributed by atoms with E-state index in [9.17, 15) is 14.4 Å². The zero-order valence-corrected chi connectivity index (χ0v) is 10.7. The summed E-state index contributed by atoms with van der Waals surface area (Å²) >= 11 is 0. The molecule has 0 spiro atoms. The average Bonchev–Trinajstić information content (AvgIpc) is 2.72. The maximum Gasteiger partial charge on any atom is 0.320 e. The second-order valence-corrected chi connectivity index (χ2v) is 4.33. The molecule has 19 heavy (non-hydrogen) atoms. The highest BCUT2D eigenvalue weighted by atomic mass is 16.4. The number of carbonyl (C=O) groups excluding carboxylic acids is 2. The normalized spacial score (nSPS) is 21.3. The summed E-state index contributed by atoms with van der Waals surface area (Å²) in [5.74, 6) is -1.54. The van der Waals surface area contributed by atoms with E-state index in [1.807, 2.05) is 0 Å². The van der Waals surface area contributed by atoms with Crippen molar-refractivity contribution in [3.63, 3.8) is 0 Å². The molecule has 0 aromatic heterocycles. The largest absolute Gasteiger partial charge is 0.480 e. The molecule has 1 saturated heterocycles. The minimum absolute atomic E-state index is 0.329. The SMILES string of the molecule is NC(=O)CCCCC(N)=O.O=C(O)[C@H]1C[C@H](O)CN1. The maximum absolute atomic E-state index is 10.2. The van der Waals surface area contributed by atoms with E-state index in [1.165, 1.54) is 0 Å². The van der Waals surface area contributed by atoms with E-state index in [4.69, 9.17) is 21.7 Å². The second-order valence-electron chi connectivity index (χ2n) is 4.33. The molecule has 0 unspecified atom stereocenters. The number of primary amides is 2. The molecule has 7 N–H and O–H groups in total. The number of carboxylic acids is 1. The first kappa shape index (κ1) is 17.3. The van der Waals surface area contributed by atoms with E-state index in [1.54, 1.807) is 0 Å². The predicted octanol–water partition coefficient (Wildman–Crippen LogP) is -1.69. The molecule has 8 heteroatoms. The number of aliphatic hydroxyl groups is 1. The van der Waals surface area contributed by atoms with Crippen molar-refractivity contribution in [2.45, 2.75) is 44.2 Å². The molecule has 0 bridgehead atoms. The molecule has 8 nitrogen and oxygen atoms in total. The number of nitrogens with one attached hydrogen (secondary N) is 1. The zero-order chi connectivity index (χ0) is 14.8. The third kappa shape index (κ3) is 9.98. The molecule has 110 valence electrons. The van der Waals surface area contributed by atoms with Crippen LogP contribution in [0.3, 0.4) is 0 Å². The smallest absolute Gasteiger partial charge is 0.320 e. The number of nitrogens with two attached hydrogens (primary N) is 2. The van der Waals surface area contributed by atoms with Gasteiger partial charge < -0.3 is 27.0 Å². The van der Waals surface area contributed by atoms with Gasteiger partial charge in [0.25, 0.3) is 0 Å². The van der Waals surface area contributed by atoms with E-state index < -0.39 is 18.1 Å². The Kier molecular flexibility index (Phi) is 8.47. The molecular weight excluding hydrogens is 254 g/mol. The summed E-state index contributed by atoms with van der Waals surface area (Å²) in [6.07, 6.45) is 1.83. The predicted molar refractivity (Wildman–Crippen MR) is 66.9 cm³/mol. The molecule has 0 aromatic rings. The van der Waals surface area contributed by atoms with Gasteiger partial charge in [-0.05, 0) is 12.8 Å². The van der Waals surface area contributed by atoms with Crippen molar-refractivity contribution in [1.29, 1.82) is 0 Å². The quantitative estimate of drug-likeness (QED) is 0.364. The van der Waals surface area contributed by atoms with Gasteiger partial charge >= 0.3 is 5.97 Å². The van der Waals surface area contributed by atoms with Crippen LogP contribution in [0.5, 0.6) is 0 Å². The summed E-state index contributed by atoms with van der Waals surface area (Å²) in [4.78, 5) is 30.5. The van der Waals surface area contributed by atoms with Gasteiger partial charge in [-0.25, -0.2) is 0 Å². The Labute approximate surface area is 111 Å². The van der Waals surface area contributed by atoms with Crippen LogP contribution in [0.2, 0.25) is 0 Å². The van der Waals surface area contributed by atoms with Crippen molar-refractivity contribution in [2.24, 2.45) is 11.5 Å². The number of aliphatic hydroxyl groups excluding tert-OH is 1. The van der Waals surface area contributed by atoms with Gasteiger partial charge in [0.1, 0.15) is 6.04 Å². The standard InChI is InChI=1S/C6H12N2O2.C5H9NO3/c7-5(9)3-1-2-4-6(8)10;7-3-1-4(5(8)9)6-2-3/h1-4H2,(H2,7,9)(H2,8,10);3-4,6-7H,1-2H2,(H,8,9)/t;3-,4+/m.0/s1. The lowest BCUT2D eigenvalue weighted by Gasteiger charge is -1.99. The first-order valence-corrected chi connectivity index (χ1v) is 6.03. The highest BCUT2D eigenvalue weighted by Gasteiger charge is 2.27. The summed E-state index contributed by atoms with van der Waals surface area (Å²) < 4.78 is 0. The van der Waals surface area contributed by atoms with Gasteiger partial charge in [0.15, 0.2) is 0 Å². The van der Waals surface area contributed by atoms with E-state index in [2.05, 4.69) is 5.32 Å². The number of unbranched alkanes of at least 4 members (excludes halogenated alkanes) is 1. The van der Waals surface area contributed by atoms with Crippen molar-refractivity contribution in [3.8, 4) is 0 Å². The van der Waals surface area contributed by atoms with Crippen LogP contribution in [-0.4, -0.2) is 46.7 Å². The molecule has 1 fully saturated rings. The van der Waals surface area contributed by atoms with Crippen LogP contribution < -0.4 is 16.8 Å². The maximum atomic E-state index is 10.2. The second kappa shape index (κ2) is 9.29. The van der Waals surface area contributed by atoms with E-state index >= 15 is 0 Å². The lowest BCUT2D eigenvalue weighted by molar-refractivity contribution is -0.139. The number of amides is 2. The van der Waals surface area contributed by atoms with Crippen LogP contribution in [0.25, 0.3) is 0 Å². The van der Waals surface area contributed by atoms with E-state index in [0.717, 1.165) is 0 Å². The summed E-state index contributed by atoms with van der Waals surface area (Å²) in [5.41, 5.74) is 9.71. The number of aliphatic carboxylic acids is 1. The van der Waals surface area contributed by atoms with Gasteiger partial charge in [0, 0.05) is 25.8 Å². The van der Waals surface area contributed by atoms with Crippen molar-refractivity contribution in [2.75, 3.05) is 6.54 Å². The highest BCUT2D eigenvalue weighted by molar-refractivity contribution is 5.75. The van der Waals surface area contributed by atoms with Crippen LogP contribution >= 0.6 is 0 Å². The zero-order valence-electron chi connectivity index (χ0n) is 10.7. The number of β-amino-alcohol motifs (C(OH)–C–C–N with tert-alkyl or cyclic N) is 1. The average molecular weight is 275 g/mol. The number of hydrogen-bond donors (Lipinski definition) is 5. The van der Waals surface area contributed by atoms with Crippen LogP contribution in [0.1, 0.15) is 32.1 Å². The third-order valence-electron chi connectivity index (χ3n) is 2.50. The fraction of sp³-hybridized carbons (Fsp3) is 0.727. The Balaban J connectivity index is 0.000000342. The van der Waals surface area contributed by atoms with E-state index in [-0.39, 0.29) is 11.8 Å². The summed E-state index contributed by atoms with van der Waals surface area (Å²) in [5, 5.41) is 19.8. The lowest BCUT2D eigenvalue weighted by atomic mass is 10.2.